The SMILES string of the molecule is CNc1cc(C(=O)NC(C)C2CCOCC2)c(Cl)cn1. The zero-order valence-corrected chi connectivity index (χ0v) is 12.5. The van der Waals surface area contributed by atoms with Crippen LogP contribution in [0.4, 0.5) is 5.82 Å². The van der Waals surface area contributed by atoms with Crippen molar-refractivity contribution in [1.82, 2.24) is 10.3 Å². The molecule has 2 rings (SSSR count). The van der Waals surface area contributed by atoms with Crippen LogP contribution < -0.4 is 10.6 Å². The lowest BCUT2D eigenvalue weighted by Crippen LogP contribution is -2.40. The summed E-state index contributed by atoms with van der Waals surface area (Å²) < 4.78 is 5.34. The number of nitrogens with one attached hydrogen (secondary N) is 2. The van der Waals surface area contributed by atoms with Gasteiger partial charge in [-0.2, -0.15) is 0 Å². The van der Waals surface area contributed by atoms with Crippen molar-refractivity contribution in [2.75, 3.05) is 25.6 Å². The van der Waals surface area contributed by atoms with Crippen molar-refractivity contribution in [2.24, 2.45) is 5.92 Å². The monoisotopic (exact) mass is 297 g/mol. The van der Waals surface area contributed by atoms with Crippen molar-refractivity contribution >= 4 is 23.3 Å². The van der Waals surface area contributed by atoms with E-state index in [1.165, 1.54) is 6.20 Å². The number of hydrogen-bond acceptors (Lipinski definition) is 4. The van der Waals surface area contributed by atoms with E-state index in [1.807, 2.05) is 6.92 Å². The Balaban J connectivity index is 2.03. The molecule has 1 aliphatic heterocycles. The summed E-state index contributed by atoms with van der Waals surface area (Å²) in [6.07, 6.45) is 3.45. The zero-order valence-electron chi connectivity index (χ0n) is 11.8. The number of aromatic nitrogens is 1. The van der Waals surface area contributed by atoms with Crippen molar-refractivity contribution in [3.8, 4) is 0 Å². The molecule has 2 N–H and O–H groups in total. The standard InChI is InChI=1S/C14H20ClN3O2/c1-9(10-3-5-20-6-4-10)18-14(19)11-7-13(16-2)17-8-12(11)15/h7-10H,3-6H2,1-2H3,(H,16,17)(H,18,19). The van der Waals surface area contributed by atoms with Gasteiger partial charge in [-0.15, -0.1) is 0 Å². The Morgan fingerprint density at radius 1 is 1.50 bits per heavy atom. The topological polar surface area (TPSA) is 63.2 Å². The van der Waals surface area contributed by atoms with Gasteiger partial charge in [-0.1, -0.05) is 11.6 Å². The van der Waals surface area contributed by atoms with Gasteiger partial charge in [-0.25, -0.2) is 4.98 Å². The van der Waals surface area contributed by atoms with E-state index in [-0.39, 0.29) is 11.9 Å². The first-order valence-corrected chi connectivity index (χ1v) is 7.21. The normalized spacial score (nSPS) is 17.6. The molecule has 1 saturated heterocycles. The third-order valence-electron chi connectivity index (χ3n) is 3.69. The van der Waals surface area contributed by atoms with Gasteiger partial charge in [0.25, 0.3) is 5.91 Å². The molecule has 1 amide bonds. The lowest BCUT2D eigenvalue weighted by Gasteiger charge is -2.28. The van der Waals surface area contributed by atoms with Gasteiger partial charge in [-0.3, -0.25) is 4.79 Å². The average molecular weight is 298 g/mol. The first-order chi connectivity index (χ1) is 9.61. The third-order valence-corrected chi connectivity index (χ3v) is 3.99. The van der Waals surface area contributed by atoms with Crippen LogP contribution in [-0.2, 0) is 4.74 Å². The Labute approximate surface area is 124 Å². The smallest absolute Gasteiger partial charge is 0.253 e. The molecular weight excluding hydrogens is 278 g/mol. The summed E-state index contributed by atoms with van der Waals surface area (Å²) in [6, 6.07) is 1.77. The maximum atomic E-state index is 12.3. The van der Waals surface area contributed by atoms with Gasteiger partial charge in [0.2, 0.25) is 0 Å². The number of hydrogen-bond donors (Lipinski definition) is 2. The number of pyridine rings is 1. The molecule has 1 atom stereocenters. The molecule has 0 spiro atoms. The van der Waals surface area contributed by atoms with Crippen LogP contribution in [-0.4, -0.2) is 37.2 Å². The minimum absolute atomic E-state index is 0.105. The Bertz CT molecular complexity index is 475. The molecule has 1 aromatic heterocycles. The van der Waals surface area contributed by atoms with E-state index in [9.17, 15) is 4.79 Å². The fourth-order valence-electron chi connectivity index (χ4n) is 2.37. The summed E-state index contributed by atoms with van der Waals surface area (Å²) in [5.41, 5.74) is 0.449. The van der Waals surface area contributed by atoms with E-state index in [0.29, 0.717) is 22.3 Å². The highest BCUT2D eigenvalue weighted by Gasteiger charge is 2.23. The maximum Gasteiger partial charge on any atom is 0.253 e. The van der Waals surface area contributed by atoms with Crippen molar-refractivity contribution < 1.29 is 9.53 Å². The Morgan fingerprint density at radius 2 is 2.20 bits per heavy atom. The van der Waals surface area contributed by atoms with Crippen molar-refractivity contribution in [1.29, 1.82) is 0 Å². The van der Waals surface area contributed by atoms with E-state index in [4.69, 9.17) is 16.3 Å². The van der Waals surface area contributed by atoms with Crippen molar-refractivity contribution in [3.05, 3.63) is 22.8 Å². The number of ether oxygens (including phenoxy) is 1. The van der Waals surface area contributed by atoms with Gasteiger partial charge < -0.3 is 15.4 Å². The van der Waals surface area contributed by atoms with Crippen LogP contribution in [0.15, 0.2) is 12.3 Å². The van der Waals surface area contributed by atoms with Gasteiger partial charge >= 0.3 is 0 Å². The summed E-state index contributed by atoms with van der Waals surface area (Å²) >= 11 is 6.05. The third kappa shape index (κ3) is 3.61. The van der Waals surface area contributed by atoms with E-state index in [2.05, 4.69) is 15.6 Å². The highest BCUT2D eigenvalue weighted by Crippen LogP contribution is 2.21. The van der Waals surface area contributed by atoms with Crippen LogP contribution in [0.2, 0.25) is 5.02 Å². The summed E-state index contributed by atoms with van der Waals surface area (Å²) in [5, 5.41) is 6.29. The number of anilines is 1. The van der Waals surface area contributed by atoms with Crippen LogP contribution >= 0.6 is 11.6 Å². The zero-order chi connectivity index (χ0) is 14.5. The molecule has 5 nitrogen and oxygen atoms in total. The second kappa shape index (κ2) is 6.90. The number of nitrogens with zero attached hydrogens (tertiary/aromatic N) is 1. The predicted octanol–water partition coefficient (Wildman–Crippen LogP) is 2.32. The largest absolute Gasteiger partial charge is 0.381 e. The minimum Gasteiger partial charge on any atom is -0.381 e. The number of amides is 1. The van der Waals surface area contributed by atoms with Crippen LogP contribution in [0.5, 0.6) is 0 Å². The second-order valence-electron chi connectivity index (χ2n) is 5.01. The summed E-state index contributed by atoms with van der Waals surface area (Å²) in [6.45, 7) is 3.57. The molecule has 0 bridgehead atoms. The molecule has 6 heteroatoms. The molecule has 1 unspecified atom stereocenters. The Kier molecular flexibility index (Phi) is 5.20. The highest BCUT2D eigenvalue weighted by molar-refractivity contribution is 6.33. The van der Waals surface area contributed by atoms with Crippen molar-refractivity contribution in [3.63, 3.8) is 0 Å². The fourth-order valence-corrected chi connectivity index (χ4v) is 2.56. The number of carbonyl (C=O) groups is 1. The number of halogens is 1. The molecule has 0 radical (unpaired) electrons. The van der Waals surface area contributed by atoms with Crippen LogP contribution in [0.25, 0.3) is 0 Å². The van der Waals surface area contributed by atoms with Crippen molar-refractivity contribution in [2.45, 2.75) is 25.8 Å². The first-order valence-electron chi connectivity index (χ1n) is 6.83. The first kappa shape index (κ1) is 15.1. The lowest BCUT2D eigenvalue weighted by molar-refractivity contribution is 0.0538. The van der Waals surface area contributed by atoms with Gasteiger partial charge in [0.1, 0.15) is 5.82 Å². The van der Waals surface area contributed by atoms with Gasteiger partial charge in [-0.05, 0) is 31.7 Å². The lowest BCUT2D eigenvalue weighted by atomic mass is 9.93. The summed E-state index contributed by atoms with van der Waals surface area (Å²) in [5.74, 6) is 0.920. The van der Waals surface area contributed by atoms with E-state index < -0.39 is 0 Å². The molecule has 1 aromatic rings. The molecule has 1 aliphatic rings. The minimum atomic E-state index is -0.159. The average Bonchev–Trinajstić information content (AvgIpc) is 2.48. The van der Waals surface area contributed by atoms with E-state index >= 15 is 0 Å². The summed E-state index contributed by atoms with van der Waals surface area (Å²) in [4.78, 5) is 16.4. The van der Waals surface area contributed by atoms with Gasteiger partial charge in [0.15, 0.2) is 0 Å². The highest BCUT2D eigenvalue weighted by atomic mass is 35.5. The van der Waals surface area contributed by atoms with Crippen LogP contribution in [0.3, 0.4) is 0 Å². The fraction of sp³-hybridized carbons (Fsp3) is 0.571. The molecule has 0 saturated carbocycles. The molecule has 2 heterocycles. The molecule has 20 heavy (non-hydrogen) atoms. The van der Waals surface area contributed by atoms with Crippen LogP contribution in [0.1, 0.15) is 30.1 Å². The predicted molar refractivity (Wildman–Crippen MR) is 79.3 cm³/mol. The van der Waals surface area contributed by atoms with Gasteiger partial charge in [0.05, 0.1) is 10.6 Å². The Morgan fingerprint density at radius 3 is 2.85 bits per heavy atom. The molecule has 0 aromatic carbocycles. The quantitative estimate of drug-likeness (QED) is 0.895. The van der Waals surface area contributed by atoms with E-state index in [1.54, 1.807) is 13.1 Å². The van der Waals surface area contributed by atoms with Gasteiger partial charge in [0, 0.05) is 32.5 Å². The summed E-state index contributed by atoms with van der Waals surface area (Å²) in [7, 11) is 1.75. The van der Waals surface area contributed by atoms with Crippen LogP contribution in [0, 0.1) is 5.92 Å². The van der Waals surface area contributed by atoms with E-state index in [0.717, 1.165) is 26.1 Å². The Hall–Kier alpha value is -1.33. The number of carbonyl (C=O) groups excluding carboxylic acids is 1. The molecule has 110 valence electrons. The molecular formula is C14H20ClN3O2. The maximum absolute atomic E-state index is 12.3. The molecule has 1 fully saturated rings. The number of rotatable bonds is 4. The second-order valence-corrected chi connectivity index (χ2v) is 5.42. The molecule has 0 aliphatic carbocycles.